The predicted molar refractivity (Wildman–Crippen MR) is 121 cm³/mol. The highest BCUT2D eigenvalue weighted by atomic mass is 79.9. The van der Waals surface area contributed by atoms with Crippen LogP contribution in [0.15, 0.2) is 40.9 Å². The third kappa shape index (κ3) is 4.95. The van der Waals surface area contributed by atoms with Crippen LogP contribution in [0.2, 0.25) is 0 Å². The summed E-state index contributed by atoms with van der Waals surface area (Å²) in [7, 11) is 0. The van der Waals surface area contributed by atoms with E-state index in [-0.39, 0.29) is 18.2 Å². The average Bonchev–Trinajstić information content (AvgIpc) is 3.04. The molecule has 8 heteroatoms. The summed E-state index contributed by atoms with van der Waals surface area (Å²) in [5, 5.41) is 2.93. The first-order valence-electron chi connectivity index (χ1n) is 10.2. The number of carbonyl (C=O) groups excluding carboxylic acids is 2. The number of benzene rings is 2. The molecule has 31 heavy (non-hydrogen) atoms. The van der Waals surface area contributed by atoms with Crippen LogP contribution in [0.1, 0.15) is 38.7 Å². The van der Waals surface area contributed by atoms with Crippen LogP contribution in [0.25, 0.3) is 0 Å². The number of amides is 2. The van der Waals surface area contributed by atoms with Crippen LogP contribution >= 0.6 is 15.9 Å². The number of ether oxygens (including phenoxy) is 3. The van der Waals surface area contributed by atoms with Gasteiger partial charge in [-0.2, -0.15) is 0 Å². The Hall–Kier alpha value is -2.74. The Balaban J connectivity index is 1.48. The van der Waals surface area contributed by atoms with E-state index in [0.717, 1.165) is 15.7 Å². The van der Waals surface area contributed by atoms with Crippen LogP contribution < -0.4 is 19.7 Å². The fourth-order valence-electron chi connectivity index (χ4n) is 3.74. The van der Waals surface area contributed by atoms with Crippen molar-refractivity contribution in [2.24, 2.45) is 0 Å². The lowest BCUT2D eigenvalue weighted by atomic mass is 9.97. The molecule has 164 valence electrons. The molecule has 0 saturated heterocycles. The molecule has 7 nitrogen and oxygen atoms in total. The number of nitrogens with zero attached hydrogens (tertiary/aromatic N) is 1. The molecule has 2 aromatic rings. The van der Waals surface area contributed by atoms with Crippen molar-refractivity contribution < 1.29 is 23.8 Å². The summed E-state index contributed by atoms with van der Waals surface area (Å²) >= 11 is 3.49. The molecule has 0 radical (unpaired) electrons. The van der Waals surface area contributed by atoms with Crippen molar-refractivity contribution >= 4 is 39.3 Å². The van der Waals surface area contributed by atoms with Crippen LogP contribution in [0.5, 0.6) is 11.5 Å². The number of nitrogens with one attached hydrogen (secondary N) is 1. The maximum Gasteiger partial charge on any atom is 0.414 e. The van der Waals surface area contributed by atoms with E-state index >= 15 is 0 Å². The molecule has 2 heterocycles. The second-order valence-electron chi connectivity index (χ2n) is 8.60. The molecule has 2 amide bonds. The summed E-state index contributed by atoms with van der Waals surface area (Å²) in [6.45, 7) is 6.89. The zero-order chi connectivity index (χ0) is 22.2. The average molecular weight is 489 g/mol. The summed E-state index contributed by atoms with van der Waals surface area (Å²) in [4.78, 5) is 27.1. The molecule has 2 aliphatic heterocycles. The van der Waals surface area contributed by atoms with Gasteiger partial charge in [-0.05, 0) is 56.7 Å². The second-order valence-corrected chi connectivity index (χ2v) is 9.52. The molecule has 0 spiro atoms. The number of rotatable bonds is 3. The van der Waals surface area contributed by atoms with Crippen LogP contribution in [-0.4, -0.2) is 37.4 Å². The maximum atomic E-state index is 12.8. The number of carbonyl (C=O) groups is 2. The monoisotopic (exact) mass is 488 g/mol. The minimum atomic E-state index is -0.597. The summed E-state index contributed by atoms with van der Waals surface area (Å²) in [5.74, 6) is 1.01. The summed E-state index contributed by atoms with van der Waals surface area (Å²) in [6.07, 6.45) is -0.178. The highest BCUT2D eigenvalue weighted by molar-refractivity contribution is 9.10. The van der Waals surface area contributed by atoms with Gasteiger partial charge in [0.05, 0.1) is 5.69 Å². The van der Waals surface area contributed by atoms with Crippen LogP contribution in [0, 0.1) is 0 Å². The highest BCUT2D eigenvalue weighted by Gasteiger charge is 2.36. The molecule has 1 unspecified atom stereocenters. The van der Waals surface area contributed by atoms with Crippen molar-refractivity contribution in [1.82, 2.24) is 0 Å². The zero-order valence-electron chi connectivity index (χ0n) is 17.7. The number of fused-ring (bicyclic) bond motifs is 2. The molecule has 0 fully saturated rings. The molecule has 0 aliphatic carbocycles. The maximum absolute atomic E-state index is 12.8. The van der Waals surface area contributed by atoms with Gasteiger partial charge in [-0.15, -0.1) is 0 Å². The molecule has 0 bridgehead atoms. The minimum absolute atomic E-state index is 0.140. The van der Waals surface area contributed by atoms with E-state index in [4.69, 9.17) is 14.2 Å². The van der Waals surface area contributed by atoms with Crippen LogP contribution in [-0.2, 0) is 9.53 Å². The molecule has 4 rings (SSSR count). The number of hydrogen-bond donors (Lipinski definition) is 1. The topological polar surface area (TPSA) is 77.1 Å². The van der Waals surface area contributed by atoms with Crippen molar-refractivity contribution in [1.29, 1.82) is 0 Å². The van der Waals surface area contributed by atoms with E-state index in [0.29, 0.717) is 36.9 Å². The highest BCUT2D eigenvalue weighted by Crippen LogP contribution is 2.41. The van der Waals surface area contributed by atoms with Crippen LogP contribution in [0.3, 0.4) is 0 Å². The summed E-state index contributed by atoms with van der Waals surface area (Å²) in [5.41, 5.74) is 1.76. The molecular weight excluding hydrogens is 464 g/mol. The van der Waals surface area contributed by atoms with Crippen molar-refractivity contribution in [3.8, 4) is 11.5 Å². The van der Waals surface area contributed by atoms with Crippen molar-refractivity contribution in [3.05, 3.63) is 46.4 Å². The lowest BCUT2D eigenvalue weighted by Crippen LogP contribution is -2.36. The van der Waals surface area contributed by atoms with Gasteiger partial charge in [0.25, 0.3) is 0 Å². The number of halogens is 1. The Morgan fingerprint density at radius 1 is 1.13 bits per heavy atom. The van der Waals surface area contributed by atoms with E-state index in [1.165, 1.54) is 0 Å². The predicted octanol–water partition coefficient (Wildman–Crippen LogP) is 5.09. The zero-order valence-corrected chi connectivity index (χ0v) is 19.3. The largest absolute Gasteiger partial charge is 0.486 e. The number of anilines is 2. The Morgan fingerprint density at radius 3 is 2.61 bits per heavy atom. The summed E-state index contributed by atoms with van der Waals surface area (Å²) < 4.78 is 17.6. The third-order valence-corrected chi connectivity index (χ3v) is 5.49. The SMILES string of the molecule is CC(C)(C)OC(=O)N1CC(CC(=O)Nc2ccc3c(c2)OCCO3)c2cc(Br)ccc21. The van der Waals surface area contributed by atoms with Gasteiger partial charge in [0.15, 0.2) is 11.5 Å². The Kier molecular flexibility index (Phi) is 5.83. The molecular formula is C23H25BrN2O5. The van der Waals surface area contributed by atoms with E-state index in [1.807, 2.05) is 39.0 Å². The summed E-state index contributed by atoms with van der Waals surface area (Å²) in [6, 6.07) is 11.1. The first kappa shape index (κ1) is 21.5. The Labute approximate surface area is 189 Å². The molecule has 0 aromatic heterocycles. The Morgan fingerprint density at radius 2 is 1.87 bits per heavy atom. The Bertz CT molecular complexity index is 1020. The van der Waals surface area contributed by atoms with Gasteiger partial charge in [0.1, 0.15) is 18.8 Å². The second kappa shape index (κ2) is 8.42. The lowest BCUT2D eigenvalue weighted by Gasteiger charge is -2.25. The third-order valence-electron chi connectivity index (χ3n) is 4.99. The van der Waals surface area contributed by atoms with E-state index in [9.17, 15) is 9.59 Å². The molecule has 1 N–H and O–H groups in total. The van der Waals surface area contributed by atoms with Gasteiger partial charge in [0, 0.05) is 35.1 Å². The van der Waals surface area contributed by atoms with Crippen molar-refractivity contribution in [3.63, 3.8) is 0 Å². The van der Waals surface area contributed by atoms with Crippen molar-refractivity contribution in [2.45, 2.75) is 38.7 Å². The van der Waals surface area contributed by atoms with Gasteiger partial charge in [-0.1, -0.05) is 15.9 Å². The van der Waals surface area contributed by atoms with Gasteiger partial charge in [-0.3, -0.25) is 9.69 Å². The van der Waals surface area contributed by atoms with E-state index in [1.54, 1.807) is 23.1 Å². The fourth-order valence-corrected chi connectivity index (χ4v) is 4.12. The van der Waals surface area contributed by atoms with E-state index in [2.05, 4.69) is 21.2 Å². The number of hydrogen-bond acceptors (Lipinski definition) is 5. The standard InChI is InChI=1S/C23H25BrN2O5/c1-23(2,3)31-22(28)26-13-14(17-11-15(24)4-6-18(17)26)10-21(27)25-16-5-7-19-20(12-16)30-9-8-29-19/h4-7,11-12,14H,8-10,13H2,1-3H3,(H,25,27). The normalized spacial score (nSPS) is 17.2. The molecule has 2 aliphatic rings. The minimum Gasteiger partial charge on any atom is -0.486 e. The molecule has 1 atom stereocenters. The van der Waals surface area contributed by atoms with E-state index < -0.39 is 11.7 Å². The quantitative estimate of drug-likeness (QED) is 0.650. The smallest absolute Gasteiger partial charge is 0.414 e. The lowest BCUT2D eigenvalue weighted by molar-refractivity contribution is -0.116. The van der Waals surface area contributed by atoms with Gasteiger partial charge < -0.3 is 19.5 Å². The first-order chi connectivity index (χ1) is 14.7. The molecule has 2 aromatic carbocycles. The van der Waals surface area contributed by atoms with Crippen LogP contribution in [0.4, 0.5) is 16.2 Å². The first-order valence-corrected chi connectivity index (χ1v) is 11.0. The van der Waals surface area contributed by atoms with Gasteiger partial charge in [0.2, 0.25) is 5.91 Å². The van der Waals surface area contributed by atoms with Gasteiger partial charge >= 0.3 is 6.09 Å². The fraction of sp³-hybridized carbons (Fsp3) is 0.391. The molecule has 0 saturated carbocycles. The van der Waals surface area contributed by atoms with Crippen molar-refractivity contribution in [2.75, 3.05) is 30.0 Å². The van der Waals surface area contributed by atoms with Gasteiger partial charge in [-0.25, -0.2) is 4.79 Å².